The number of anilines is 1. The number of benzene rings is 1. The molecule has 0 unspecified atom stereocenters. The lowest BCUT2D eigenvalue weighted by atomic mass is 10.2. The fourth-order valence-corrected chi connectivity index (χ4v) is 2.34. The second-order valence-electron chi connectivity index (χ2n) is 5.15. The van der Waals surface area contributed by atoms with Gasteiger partial charge in [0.25, 0.3) is 0 Å². The molecular formula is C16H23FN4. The summed E-state index contributed by atoms with van der Waals surface area (Å²) in [6, 6.07) is 8.80. The Morgan fingerprint density at radius 2 is 2.14 bits per heavy atom. The number of aromatic nitrogens is 2. The number of hydrogen-bond donors (Lipinski definition) is 1. The van der Waals surface area contributed by atoms with Gasteiger partial charge in [-0.1, -0.05) is 13.0 Å². The first-order chi connectivity index (χ1) is 10.1. The van der Waals surface area contributed by atoms with E-state index >= 15 is 0 Å². The molecule has 0 saturated heterocycles. The monoisotopic (exact) mass is 290 g/mol. The fourth-order valence-electron chi connectivity index (χ4n) is 2.34. The Bertz CT molecular complexity index is 579. The molecule has 2 N–H and O–H groups in total. The van der Waals surface area contributed by atoms with Crippen molar-refractivity contribution in [1.29, 1.82) is 0 Å². The third-order valence-electron chi connectivity index (χ3n) is 3.55. The second-order valence-corrected chi connectivity index (χ2v) is 5.15. The highest BCUT2D eigenvalue weighted by Gasteiger charge is 2.11. The maximum Gasteiger partial charge on any atom is 0.125 e. The molecule has 1 aromatic carbocycles. The zero-order valence-corrected chi connectivity index (χ0v) is 12.7. The van der Waals surface area contributed by atoms with Crippen molar-refractivity contribution in [3.05, 3.63) is 47.5 Å². The molecule has 1 aromatic heterocycles. The predicted molar refractivity (Wildman–Crippen MR) is 83.7 cm³/mol. The molecule has 114 valence electrons. The lowest BCUT2D eigenvalue weighted by Gasteiger charge is -2.24. The number of aryl methyl sites for hydroxylation is 2. The fraction of sp³-hybridized carbons (Fsp3) is 0.438. The van der Waals surface area contributed by atoms with Crippen LogP contribution in [0.3, 0.4) is 0 Å². The minimum atomic E-state index is -0.218. The minimum absolute atomic E-state index is 0.218. The standard InChI is InChI=1S/C16H23FN4/c1-3-14-11-16(20(2)19-14)12-21(9-5-8-18)15-7-4-6-13(17)10-15/h4,6-7,10-11H,3,5,8-9,12,18H2,1-2H3. The van der Waals surface area contributed by atoms with Crippen LogP contribution in [-0.2, 0) is 20.0 Å². The highest BCUT2D eigenvalue weighted by atomic mass is 19.1. The van der Waals surface area contributed by atoms with Crippen LogP contribution in [0.5, 0.6) is 0 Å². The highest BCUT2D eigenvalue weighted by molar-refractivity contribution is 5.46. The van der Waals surface area contributed by atoms with Crippen molar-refractivity contribution in [2.45, 2.75) is 26.3 Å². The van der Waals surface area contributed by atoms with Crippen LogP contribution in [0.25, 0.3) is 0 Å². The number of nitrogens with two attached hydrogens (primary N) is 1. The van der Waals surface area contributed by atoms with Crippen LogP contribution in [0, 0.1) is 5.82 Å². The Kier molecular flexibility index (Phi) is 5.33. The largest absolute Gasteiger partial charge is 0.366 e. The van der Waals surface area contributed by atoms with Gasteiger partial charge in [0, 0.05) is 19.3 Å². The summed E-state index contributed by atoms with van der Waals surface area (Å²) in [6.45, 7) is 4.21. The van der Waals surface area contributed by atoms with Gasteiger partial charge in [0.1, 0.15) is 5.82 Å². The van der Waals surface area contributed by atoms with E-state index in [1.807, 2.05) is 17.8 Å². The summed E-state index contributed by atoms with van der Waals surface area (Å²) in [6.07, 6.45) is 1.78. The van der Waals surface area contributed by atoms with Crippen molar-refractivity contribution in [2.75, 3.05) is 18.0 Å². The lowest BCUT2D eigenvalue weighted by molar-refractivity contribution is 0.623. The highest BCUT2D eigenvalue weighted by Crippen LogP contribution is 2.19. The van der Waals surface area contributed by atoms with Crippen LogP contribution in [0.4, 0.5) is 10.1 Å². The molecule has 2 rings (SSSR count). The Morgan fingerprint density at radius 1 is 1.33 bits per heavy atom. The summed E-state index contributed by atoms with van der Waals surface area (Å²) in [5.74, 6) is -0.218. The van der Waals surface area contributed by atoms with Gasteiger partial charge < -0.3 is 10.6 Å². The quantitative estimate of drug-likeness (QED) is 0.852. The Labute approximate surface area is 125 Å². The van der Waals surface area contributed by atoms with Crippen LogP contribution < -0.4 is 10.6 Å². The number of rotatable bonds is 7. The Morgan fingerprint density at radius 3 is 2.76 bits per heavy atom. The van der Waals surface area contributed by atoms with E-state index in [9.17, 15) is 4.39 Å². The van der Waals surface area contributed by atoms with Crippen molar-refractivity contribution < 1.29 is 4.39 Å². The third-order valence-corrected chi connectivity index (χ3v) is 3.55. The molecule has 0 bridgehead atoms. The van der Waals surface area contributed by atoms with Gasteiger partial charge in [-0.15, -0.1) is 0 Å². The molecule has 0 aliphatic rings. The second kappa shape index (κ2) is 7.22. The molecule has 2 aromatic rings. The molecule has 1 heterocycles. The first-order valence-electron chi connectivity index (χ1n) is 7.36. The van der Waals surface area contributed by atoms with Gasteiger partial charge in [-0.25, -0.2) is 4.39 Å². The molecule has 0 radical (unpaired) electrons. The van der Waals surface area contributed by atoms with E-state index in [2.05, 4.69) is 23.0 Å². The summed E-state index contributed by atoms with van der Waals surface area (Å²) >= 11 is 0. The van der Waals surface area contributed by atoms with E-state index in [4.69, 9.17) is 5.73 Å². The SMILES string of the molecule is CCc1cc(CN(CCCN)c2cccc(F)c2)n(C)n1. The molecule has 0 atom stereocenters. The van der Waals surface area contributed by atoms with E-state index in [0.29, 0.717) is 13.1 Å². The smallest absolute Gasteiger partial charge is 0.125 e. The molecule has 0 aliphatic heterocycles. The van der Waals surface area contributed by atoms with Crippen molar-refractivity contribution in [2.24, 2.45) is 12.8 Å². The van der Waals surface area contributed by atoms with Crippen LogP contribution in [-0.4, -0.2) is 22.9 Å². The van der Waals surface area contributed by atoms with Gasteiger partial charge in [-0.2, -0.15) is 5.10 Å². The van der Waals surface area contributed by atoms with Gasteiger partial charge in [0.2, 0.25) is 0 Å². The first-order valence-corrected chi connectivity index (χ1v) is 7.36. The van der Waals surface area contributed by atoms with Crippen LogP contribution in [0.2, 0.25) is 0 Å². The molecule has 4 nitrogen and oxygen atoms in total. The first kappa shape index (κ1) is 15.5. The van der Waals surface area contributed by atoms with Crippen molar-refractivity contribution in [3.8, 4) is 0 Å². The number of halogens is 1. The normalized spacial score (nSPS) is 10.9. The average molecular weight is 290 g/mol. The average Bonchev–Trinajstić information content (AvgIpc) is 2.83. The van der Waals surface area contributed by atoms with E-state index in [0.717, 1.165) is 36.5 Å². The summed E-state index contributed by atoms with van der Waals surface area (Å²) in [5, 5.41) is 4.46. The van der Waals surface area contributed by atoms with Gasteiger partial charge in [0.05, 0.1) is 17.9 Å². The van der Waals surface area contributed by atoms with E-state index < -0.39 is 0 Å². The van der Waals surface area contributed by atoms with E-state index in [1.54, 1.807) is 12.1 Å². The van der Waals surface area contributed by atoms with Crippen molar-refractivity contribution >= 4 is 5.69 Å². The zero-order chi connectivity index (χ0) is 15.2. The summed E-state index contributed by atoms with van der Waals surface area (Å²) in [5.41, 5.74) is 8.69. The van der Waals surface area contributed by atoms with Crippen LogP contribution in [0.1, 0.15) is 24.7 Å². The Balaban J connectivity index is 2.21. The molecule has 0 aliphatic carbocycles. The lowest BCUT2D eigenvalue weighted by Crippen LogP contribution is -2.26. The topological polar surface area (TPSA) is 47.1 Å². The van der Waals surface area contributed by atoms with Crippen LogP contribution in [0.15, 0.2) is 30.3 Å². The van der Waals surface area contributed by atoms with Crippen molar-refractivity contribution in [3.63, 3.8) is 0 Å². The maximum absolute atomic E-state index is 13.5. The summed E-state index contributed by atoms with van der Waals surface area (Å²) < 4.78 is 15.4. The van der Waals surface area contributed by atoms with E-state index in [1.165, 1.54) is 6.07 Å². The van der Waals surface area contributed by atoms with Crippen molar-refractivity contribution in [1.82, 2.24) is 9.78 Å². The molecule has 21 heavy (non-hydrogen) atoms. The molecule has 0 fully saturated rings. The number of hydrogen-bond acceptors (Lipinski definition) is 3. The molecule has 5 heteroatoms. The van der Waals surface area contributed by atoms with Crippen LogP contribution >= 0.6 is 0 Å². The summed E-state index contributed by atoms with van der Waals surface area (Å²) in [4.78, 5) is 2.15. The van der Waals surface area contributed by atoms with Gasteiger partial charge in [-0.05, 0) is 43.7 Å². The molecule has 0 amide bonds. The van der Waals surface area contributed by atoms with Gasteiger partial charge in [0.15, 0.2) is 0 Å². The molecular weight excluding hydrogens is 267 g/mol. The zero-order valence-electron chi connectivity index (χ0n) is 12.7. The van der Waals surface area contributed by atoms with E-state index in [-0.39, 0.29) is 5.82 Å². The maximum atomic E-state index is 13.5. The summed E-state index contributed by atoms with van der Waals surface area (Å²) in [7, 11) is 1.95. The Hall–Kier alpha value is -1.88. The minimum Gasteiger partial charge on any atom is -0.366 e. The van der Waals surface area contributed by atoms with Gasteiger partial charge in [-0.3, -0.25) is 4.68 Å². The molecule has 0 spiro atoms. The number of nitrogens with zero attached hydrogens (tertiary/aromatic N) is 3. The predicted octanol–water partition coefficient (Wildman–Crippen LogP) is 2.48. The van der Waals surface area contributed by atoms with Gasteiger partial charge >= 0.3 is 0 Å². The third kappa shape index (κ3) is 4.04. The molecule has 0 saturated carbocycles.